The van der Waals surface area contributed by atoms with Crippen LogP contribution in [0.5, 0.6) is 0 Å². The zero-order valence-electron chi connectivity index (χ0n) is 11.7. The first-order valence-electron chi connectivity index (χ1n) is 7.08. The number of carbonyl (C=O) groups excluding carboxylic acids is 1. The van der Waals surface area contributed by atoms with Crippen molar-refractivity contribution in [3.63, 3.8) is 0 Å². The molecule has 1 aromatic carbocycles. The number of aliphatic hydroxyl groups is 1. The van der Waals surface area contributed by atoms with Crippen LogP contribution < -0.4 is 5.32 Å². The smallest absolute Gasteiger partial charge is 0.223 e. The predicted octanol–water partition coefficient (Wildman–Crippen LogP) is 2.31. The van der Waals surface area contributed by atoms with Gasteiger partial charge in [0.05, 0.1) is 6.10 Å². The Labute approximate surface area is 115 Å². The minimum absolute atomic E-state index is 0.0802. The van der Waals surface area contributed by atoms with Crippen molar-refractivity contribution in [2.45, 2.75) is 38.7 Å². The molecular formula is C16H23NO2. The number of benzene rings is 1. The molecule has 2 rings (SSSR count). The van der Waals surface area contributed by atoms with E-state index in [4.69, 9.17) is 0 Å². The van der Waals surface area contributed by atoms with Gasteiger partial charge in [0.15, 0.2) is 0 Å². The molecule has 0 aromatic heterocycles. The third kappa shape index (κ3) is 4.06. The van der Waals surface area contributed by atoms with Crippen LogP contribution in [0.1, 0.15) is 38.2 Å². The van der Waals surface area contributed by atoms with Gasteiger partial charge in [-0.1, -0.05) is 44.2 Å². The Morgan fingerprint density at radius 3 is 2.68 bits per heavy atom. The largest absolute Gasteiger partial charge is 0.391 e. The van der Waals surface area contributed by atoms with Crippen LogP contribution in [0.4, 0.5) is 0 Å². The van der Waals surface area contributed by atoms with Crippen LogP contribution >= 0.6 is 0 Å². The minimum atomic E-state index is -0.433. The topological polar surface area (TPSA) is 49.3 Å². The third-order valence-electron chi connectivity index (χ3n) is 3.61. The van der Waals surface area contributed by atoms with E-state index in [9.17, 15) is 9.90 Å². The summed E-state index contributed by atoms with van der Waals surface area (Å²) in [6.45, 7) is 4.50. The standard InChI is InChI=1S/C16H23NO2/c1-11(2)8-13(18)10-17-16(19)15-9-14(15)12-6-4-3-5-7-12/h3-7,11,13-15,18H,8-10H2,1-2H3,(H,17,19). The van der Waals surface area contributed by atoms with E-state index in [-0.39, 0.29) is 11.8 Å². The number of amides is 1. The van der Waals surface area contributed by atoms with Gasteiger partial charge < -0.3 is 10.4 Å². The van der Waals surface area contributed by atoms with Crippen LogP contribution in [-0.2, 0) is 4.79 Å². The first-order valence-corrected chi connectivity index (χ1v) is 7.08. The molecule has 0 spiro atoms. The van der Waals surface area contributed by atoms with Crippen LogP contribution in [0.3, 0.4) is 0 Å². The maximum Gasteiger partial charge on any atom is 0.223 e. The number of hydrogen-bond donors (Lipinski definition) is 2. The van der Waals surface area contributed by atoms with Crippen molar-refractivity contribution in [1.29, 1.82) is 0 Å². The average Bonchev–Trinajstić information content (AvgIpc) is 3.16. The molecule has 1 amide bonds. The van der Waals surface area contributed by atoms with E-state index in [1.165, 1.54) is 5.56 Å². The van der Waals surface area contributed by atoms with Crippen molar-refractivity contribution in [1.82, 2.24) is 5.32 Å². The van der Waals surface area contributed by atoms with Crippen LogP contribution in [0, 0.1) is 11.8 Å². The van der Waals surface area contributed by atoms with E-state index in [2.05, 4.69) is 31.3 Å². The molecule has 3 atom stereocenters. The van der Waals surface area contributed by atoms with Crippen molar-refractivity contribution in [2.24, 2.45) is 11.8 Å². The van der Waals surface area contributed by atoms with Gasteiger partial charge in [-0.3, -0.25) is 4.79 Å². The number of carbonyl (C=O) groups is 1. The van der Waals surface area contributed by atoms with Gasteiger partial charge in [0.2, 0.25) is 5.91 Å². The van der Waals surface area contributed by atoms with E-state index < -0.39 is 6.10 Å². The summed E-state index contributed by atoms with van der Waals surface area (Å²) in [5.41, 5.74) is 1.24. The van der Waals surface area contributed by atoms with Crippen molar-refractivity contribution in [3.05, 3.63) is 35.9 Å². The van der Waals surface area contributed by atoms with Crippen LogP contribution in [-0.4, -0.2) is 23.7 Å². The van der Waals surface area contributed by atoms with Crippen LogP contribution in [0.15, 0.2) is 30.3 Å². The SMILES string of the molecule is CC(C)CC(O)CNC(=O)C1CC1c1ccccc1. The Hall–Kier alpha value is -1.35. The lowest BCUT2D eigenvalue weighted by Gasteiger charge is -2.13. The Kier molecular flexibility index (Phi) is 4.59. The first-order chi connectivity index (χ1) is 9.08. The highest BCUT2D eigenvalue weighted by atomic mass is 16.3. The molecule has 3 nitrogen and oxygen atoms in total. The second-order valence-electron chi connectivity index (χ2n) is 5.89. The van der Waals surface area contributed by atoms with E-state index in [1.54, 1.807) is 0 Å². The second kappa shape index (κ2) is 6.20. The fourth-order valence-corrected chi connectivity index (χ4v) is 2.53. The number of nitrogens with one attached hydrogen (secondary N) is 1. The van der Waals surface area contributed by atoms with Crippen molar-refractivity contribution < 1.29 is 9.90 Å². The molecule has 3 unspecified atom stereocenters. The molecule has 0 bridgehead atoms. The zero-order valence-corrected chi connectivity index (χ0v) is 11.7. The Morgan fingerprint density at radius 1 is 1.37 bits per heavy atom. The average molecular weight is 261 g/mol. The molecule has 0 heterocycles. The van der Waals surface area contributed by atoms with E-state index >= 15 is 0 Å². The molecule has 1 fully saturated rings. The van der Waals surface area contributed by atoms with Crippen LogP contribution in [0.2, 0.25) is 0 Å². The molecule has 1 aromatic rings. The van der Waals surface area contributed by atoms with E-state index in [1.807, 2.05) is 18.2 Å². The van der Waals surface area contributed by atoms with Gasteiger partial charge in [-0.05, 0) is 30.2 Å². The number of aliphatic hydroxyl groups excluding tert-OH is 1. The highest BCUT2D eigenvalue weighted by Crippen LogP contribution is 2.47. The van der Waals surface area contributed by atoms with Gasteiger partial charge in [0.1, 0.15) is 0 Å². The normalized spacial score (nSPS) is 23.2. The third-order valence-corrected chi connectivity index (χ3v) is 3.61. The molecule has 3 heteroatoms. The van der Waals surface area contributed by atoms with Crippen molar-refractivity contribution in [2.75, 3.05) is 6.54 Å². The molecule has 1 saturated carbocycles. The van der Waals surface area contributed by atoms with Gasteiger partial charge in [-0.15, -0.1) is 0 Å². The Balaban J connectivity index is 1.74. The molecule has 2 N–H and O–H groups in total. The molecule has 0 saturated heterocycles. The lowest BCUT2D eigenvalue weighted by Crippen LogP contribution is -2.34. The lowest BCUT2D eigenvalue weighted by molar-refractivity contribution is -0.122. The minimum Gasteiger partial charge on any atom is -0.391 e. The molecule has 1 aliphatic rings. The summed E-state index contributed by atoms with van der Waals surface area (Å²) in [4.78, 5) is 12.0. The number of rotatable bonds is 6. The summed E-state index contributed by atoms with van der Waals surface area (Å²) in [6, 6.07) is 10.2. The molecule has 104 valence electrons. The molecule has 0 aliphatic heterocycles. The van der Waals surface area contributed by atoms with Gasteiger partial charge >= 0.3 is 0 Å². The Morgan fingerprint density at radius 2 is 2.05 bits per heavy atom. The van der Waals surface area contributed by atoms with Gasteiger partial charge in [0, 0.05) is 12.5 Å². The quantitative estimate of drug-likeness (QED) is 0.825. The fraction of sp³-hybridized carbons (Fsp3) is 0.562. The number of hydrogen-bond acceptors (Lipinski definition) is 2. The molecule has 19 heavy (non-hydrogen) atoms. The maximum absolute atomic E-state index is 12.0. The van der Waals surface area contributed by atoms with Gasteiger partial charge in [-0.25, -0.2) is 0 Å². The summed E-state index contributed by atoms with van der Waals surface area (Å²) in [5, 5.41) is 12.6. The van der Waals surface area contributed by atoms with E-state index in [0.29, 0.717) is 18.4 Å². The first kappa shape index (κ1) is 14.1. The van der Waals surface area contributed by atoms with E-state index in [0.717, 1.165) is 12.8 Å². The highest BCUT2D eigenvalue weighted by Gasteiger charge is 2.43. The summed E-state index contributed by atoms with van der Waals surface area (Å²) in [5.74, 6) is 0.985. The van der Waals surface area contributed by atoms with Gasteiger partial charge in [-0.2, -0.15) is 0 Å². The zero-order chi connectivity index (χ0) is 13.8. The highest BCUT2D eigenvalue weighted by molar-refractivity contribution is 5.82. The Bertz CT molecular complexity index is 416. The van der Waals surface area contributed by atoms with Crippen molar-refractivity contribution in [3.8, 4) is 0 Å². The van der Waals surface area contributed by atoms with Crippen LogP contribution in [0.25, 0.3) is 0 Å². The fourth-order valence-electron chi connectivity index (χ4n) is 2.53. The summed E-state index contributed by atoms with van der Waals surface area (Å²) in [7, 11) is 0. The molecular weight excluding hydrogens is 238 g/mol. The molecule has 1 aliphatic carbocycles. The van der Waals surface area contributed by atoms with Crippen molar-refractivity contribution >= 4 is 5.91 Å². The summed E-state index contributed by atoms with van der Waals surface area (Å²) >= 11 is 0. The monoisotopic (exact) mass is 261 g/mol. The van der Waals surface area contributed by atoms with Gasteiger partial charge in [0.25, 0.3) is 0 Å². The lowest BCUT2D eigenvalue weighted by atomic mass is 10.1. The summed E-state index contributed by atoms with van der Waals surface area (Å²) < 4.78 is 0. The predicted molar refractivity (Wildman–Crippen MR) is 75.8 cm³/mol. The summed E-state index contributed by atoms with van der Waals surface area (Å²) in [6.07, 6.45) is 1.22. The maximum atomic E-state index is 12.0. The molecule has 0 radical (unpaired) electrons. The second-order valence-corrected chi connectivity index (χ2v) is 5.89.